The summed E-state index contributed by atoms with van der Waals surface area (Å²) in [5, 5.41) is 0. The SMILES string of the molecule is CC[Si]1(CC)O[Si](CC)(CC)O[Si](CC)(CC)O[Si](CC)(CC)O[Si](CC)(CC)O[Si](CC)(CC)O[Si](CC)(CC)O[Si](CC)(CC)O1. The van der Waals surface area contributed by atoms with Crippen molar-refractivity contribution in [3.8, 4) is 0 Å². The van der Waals surface area contributed by atoms with Crippen LogP contribution < -0.4 is 0 Å². The normalized spacial score (nSPS) is 25.0. The molecule has 0 unspecified atom stereocenters. The molecule has 0 bridgehead atoms. The third kappa shape index (κ3) is 10.8. The summed E-state index contributed by atoms with van der Waals surface area (Å²) in [5.41, 5.74) is 0. The van der Waals surface area contributed by atoms with Gasteiger partial charge >= 0.3 is 68.5 Å². The van der Waals surface area contributed by atoms with E-state index in [1.54, 1.807) is 0 Å². The highest BCUT2D eigenvalue weighted by molar-refractivity contribution is 6.96. The van der Waals surface area contributed by atoms with Crippen LogP contribution in [-0.4, -0.2) is 68.5 Å². The standard InChI is InChI=1S/C32H80O8Si8/c1-17-41(18-2)33-42(19-3,20-4)35-44(23-7,24-8)37-46(27-11,28-12)39-48(31-15,32-16)40-47(29-13,30-14)38-45(25-9,26-10)36-43(21-5,22-6)34-41/h17-32H2,1-16H3. The zero-order valence-corrected chi connectivity index (χ0v) is 42.6. The summed E-state index contributed by atoms with van der Waals surface area (Å²) in [6, 6.07) is 14.0. The van der Waals surface area contributed by atoms with E-state index in [1.807, 2.05) is 0 Å². The zero-order valence-electron chi connectivity index (χ0n) is 34.6. The molecule has 48 heavy (non-hydrogen) atoms. The van der Waals surface area contributed by atoms with Crippen molar-refractivity contribution in [3.05, 3.63) is 0 Å². The van der Waals surface area contributed by atoms with Crippen LogP contribution in [0.3, 0.4) is 0 Å². The molecule has 1 fully saturated rings. The van der Waals surface area contributed by atoms with E-state index in [2.05, 4.69) is 111 Å². The molecule has 0 amide bonds. The molecule has 8 nitrogen and oxygen atoms in total. The quantitative estimate of drug-likeness (QED) is 0.143. The van der Waals surface area contributed by atoms with Gasteiger partial charge in [-0.1, -0.05) is 111 Å². The fourth-order valence-corrected chi connectivity index (χ4v) is 55.7. The molecule has 0 aromatic carbocycles. The third-order valence-electron chi connectivity index (χ3n) is 11.6. The lowest BCUT2D eigenvalue weighted by atomic mass is 10.9. The first kappa shape index (κ1) is 47.4. The highest BCUT2D eigenvalue weighted by Crippen LogP contribution is 2.43. The van der Waals surface area contributed by atoms with E-state index in [1.165, 1.54) is 0 Å². The first-order valence-corrected chi connectivity index (χ1v) is 38.1. The molecule has 0 radical (unpaired) electrons. The van der Waals surface area contributed by atoms with Gasteiger partial charge in [-0.05, 0) is 96.7 Å². The Hall–Kier alpha value is 1.42. The van der Waals surface area contributed by atoms with Gasteiger partial charge < -0.3 is 32.9 Å². The predicted molar refractivity (Wildman–Crippen MR) is 222 cm³/mol. The monoisotopic (exact) mass is 816 g/mol. The summed E-state index contributed by atoms with van der Waals surface area (Å²) < 4.78 is 61.3. The molecule has 16 heteroatoms. The van der Waals surface area contributed by atoms with Crippen LogP contribution in [-0.2, 0) is 32.9 Å². The van der Waals surface area contributed by atoms with Crippen LogP contribution in [0.4, 0.5) is 0 Å². The molecule has 1 rings (SSSR count). The molecule has 1 saturated heterocycles. The molecular weight excluding hydrogens is 737 g/mol. The van der Waals surface area contributed by atoms with Gasteiger partial charge in [-0.3, -0.25) is 0 Å². The van der Waals surface area contributed by atoms with Crippen molar-refractivity contribution < 1.29 is 32.9 Å². The van der Waals surface area contributed by atoms with E-state index in [9.17, 15) is 0 Å². The smallest absolute Gasteiger partial charge is 0.320 e. The Morgan fingerprint density at radius 2 is 0.229 bits per heavy atom. The molecule has 0 atom stereocenters. The van der Waals surface area contributed by atoms with Gasteiger partial charge in [-0.25, -0.2) is 0 Å². The lowest BCUT2D eigenvalue weighted by Crippen LogP contribution is -2.69. The van der Waals surface area contributed by atoms with Crippen LogP contribution in [0.2, 0.25) is 96.7 Å². The predicted octanol–water partition coefficient (Wildman–Crippen LogP) is 12.0. The highest BCUT2D eigenvalue weighted by Gasteiger charge is 2.60. The summed E-state index contributed by atoms with van der Waals surface area (Å²) in [5.74, 6) is 0. The molecule has 1 aliphatic rings. The first-order chi connectivity index (χ1) is 22.6. The van der Waals surface area contributed by atoms with Gasteiger partial charge in [0.05, 0.1) is 0 Å². The average Bonchev–Trinajstić information content (AvgIpc) is 3.14. The first-order valence-electron chi connectivity index (χ1n) is 20.2. The highest BCUT2D eigenvalue weighted by atomic mass is 28.5. The Bertz CT molecular complexity index is 653. The van der Waals surface area contributed by atoms with Gasteiger partial charge in [0.15, 0.2) is 0 Å². The molecule has 0 N–H and O–H groups in total. The van der Waals surface area contributed by atoms with E-state index in [4.69, 9.17) is 32.9 Å². The minimum Gasteiger partial charge on any atom is -0.415 e. The van der Waals surface area contributed by atoms with E-state index in [-0.39, 0.29) is 0 Å². The molecule has 288 valence electrons. The van der Waals surface area contributed by atoms with Crippen LogP contribution >= 0.6 is 0 Å². The van der Waals surface area contributed by atoms with Crippen molar-refractivity contribution in [1.82, 2.24) is 0 Å². The fraction of sp³-hybridized carbons (Fsp3) is 1.00. The van der Waals surface area contributed by atoms with Crippen LogP contribution in [0.5, 0.6) is 0 Å². The summed E-state index contributed by atoms with van der Waals surface area (Å²) in [7, 11) is -22.0. The molecule has 0 aromatic rings. The van der Waals surface area contributed by atoms with E-state index in [0.29, 0.717) is 0 Å². The van der Waals surface area contributed by atoms with Gasteiger partial charge in [-0.2, -0.15) is 0 Å². The van der Waals surface area contributed by atoms with Crippen molar-refractivity contribution in [2.75, 3.05) is 0 Å². The van der Waals surface area contributed by atoms with Gasteiger partial charge in [0.1, 0.15) is 0 Å². The molecular formula is C32H80O8Si8. The maximum Gasteiger partial charge on any atom is 0.320 e. The third-order valence-corrected chi connectivity index (χ3v) is 52.6. The summed E-state index contributed by atoms with van der Waals surface area (Å²) in [6.45, 7) is 36.3. The van der Waals surface area contributed by atoms with Crippen molar-refractivity contribution >= 4 is 68.5 Å². The van der Waals surface area contributed by atoms with Gasteiger partial charge in [0.25, 0.3) is 0 Å². The second kappa shape index (κ2) is 20.2. The van der Waals surface area contributed by atoms with Crippen LogP contribution in [0, 0.1) is 0 Å². The van der Waals surface area contributed by atoms with Crippen molar-refractivity contribution in [1.29, 1.82) is 0 Å². The minimum absolute atomic E-state index is 0.875. The van der Waals surface area contributed by atoms with Crippen molar-refractivity contribution in [3.63, 3.8) is 0 Å². The maximum absolute atomic E-state index is 7.66. The minimum atomic E-state index is -2.75. The van der Waals surface area contributed by atoms with Crippen LogP contribution in [0.1, 0.15) is 111 Å². The van der Waals surface area contributed by atoms with Crippen molar-refractivity contribution in [2.24, 2.45) is 0 Å². The van der Waals surface area contributed by atoms with E-state index >= 15 is 0 Å². The summed E-state index contributed by atoms with van der Waals surface area (Å²) in [6.07, 6.45) is 0. The molecule has 0 aliphatic carbocycles. The van der Waals surface area contributed by atoms with Gasteiger partial charge in [0, 0.05) is 0 Å². The average molecular weight is 818 g/mol. The zero-order chi connectivity index (χ0) is 37.0. The molecule has 0 spiro atoms. The van der Waals surface area contributed by atoms with Crippen LogP contribution in [0.15, 0.2) is 0 Å². The lowest BCUT2D eigenvalue weighted by molar-refractivity contribution is 0.214. The topological polar surface area (TPSA) is 73.8 Å². The molecule has 1 heterocycles. The fourth-order valence-electron chi connectivity index (χ4n) is 7.19. The molecule has 1 aliphatic heterocycles. The maximum atomic E-state index is 7.66. The van der Waals surface area contributed by atoms with Gasteiger partial charge in [0.2, 0.25) is 0 Å². The molecule has 0 aromatic heterocycles. The Morgan fingerprint density at radius 1 is 0.167 bits per heavy atom. The van der Waals surface area contributed by atoms with Gasteiger partial charge in [-0.15, -0.1) is 0 Å². The largest absolute Gasteiger partial charge is 0.415 e. The number of rotatable bonds is 16. The van der Waals surface area contributed by atoms with Crippen molar-refractivity contribution in [2.45, 2.75) is 207 Å². The Morgan fingerprint density at radius 3 is 0.271 bits per heavy atom. The van der Waals surface area contributed by atoms with E-state index < -0.39 is 68.5 Å². The van der Waals surface area contributed by atoms with Crippen LogP contribution in [0.25, 0.3) is 0 Å². The second-order valence-electron chi connectivity index (χ2n) is 13.8. The Labute approximate surface area is 307 Å². The Balaban J connectivity index is 4.33. The Kier molecular flexibility index (Phi) is 20.0. The number of hydrogen-bond acceptors (Lipinski definition) is 8. The molecule has 0 saturated carbocycles. The summed E-state index contributed by atoms with van der Waals surface area (Å²) in [4.78, 5) is 0. The number of hydrogen-bond donors (Lipinski definition) is 0. The second-order valence-corrected chi connectivity index (χ2v) is 46.2. The lowest BCUT2D eigenvalue weighted by Gasteiger charge is -2.52. The summed E-state index contributed by atoms with van der Waals surface area (Å²) >= 11 is 0. The van der Waals surface area contributed by atoms with E-state index in [0.717, 1.165) is 96.7 Å².